The SMILES string of the molecule is Cc1nn(C)cc1C(C)NC(=O)c1cccc(OCC(F)(F)F)c1. The Labute approximate surface area is 137 Å². The first-order valence-corrected chi connectivity index (χ1v) is 7.26. The van der Waals surface area contributed by atoms with E-state index in [1.807, 2.05) is 20.0 Å². The number of benzene rings is 1. The van der Waals surface area contributed by atoms with Crippen LogP contribution in [0.2, 0.25) is 0 Å². The van der Waals surface area contributed by atoms with E-state index in [0.717, 1.165) is 11.3 Å². The van der Waals surface area contributed by atoms with Crippen LogP contribution in [0.25, 0.3) is 0 Å². The van der Waals surface area contributed by atoms with E-state index >= 15 is 0 Å². The van der Waals surface area contributed by atoms with Gasteiger partial charge in [0.05, 0.1) is 11.7 Å². The smallest absolute Gasteiger partial charge is 0.422 e. The molecule has 0 aliphatic heterocycles. The van der Waals surface area contributed by atoms with Crippen molar-refractivity contribution in [3.63, 3.8) is 0 Å². The van der Waals surface area contributed by atoms with Crippen LogP contribution in [0.3, 0.4) is 0 Å². The number of hydrogen-bond donors (Lipinski definition) is 1. The summed E-state index contributed by atoms with van der Waals surface area (Å²) in [6.07, 6.45) is -2.62. The summed E-state index contributed by atoms with van der Waals surface area (Å²) in [5.74, 6) is -0.409. The van der Waals surface area contributed by atoms with Crippen molar-refractivity contribution in [3.8, 4) is 5.75 Å². The third-order valence-corrected chi connectivity index (χ3v) is 3.36. The van der Waals surface area contributed by atoms with E-state index < -0.39 is 18.7 Å². The Bertz CT molecular complexity index is 726. The van der Waals surface area contributed by atoms with Crippen LogP contribution in [0, 0.1) is 6.92 Å². The van der Waals surface area contributed by atoms with Crippen LogP contribution in [0.15, 0.2) is 30.5 Å². The monoisotopic (exact) mass is 341 g/mol. The van der Waals surface area contributed by atoms with Crippen LogP contribution in [-0.2, 0) is 7.05 Å². The minimum atomic E-state index is -4.43. The summed E-state index contributed by atoms with van der Waals surface area (Å²) >= 11 is 0. The fraction of sp³-hybridized carbons (Fsp3) is 0.375. The Balaban J connectivity index is 2.05. The Morgan fingerprint density at radius 3 is 2.71 bits per heavy atom. The number of alkyl halides is 3. The highest BCUT2D eigenvalue weighted by atomic mass is 19.4. The van der Waals surface area contributed by atoms with Gasteiger partial charge in [0, 0.05) is 24.4 Å². The molecular formula is C16H18F3N3O2. The van der Waals surface area contributed by atoms with E-state index in [0.29, 0.717) is 0 Å². The van der Waals surface area contributed by atoms with Crippen molar-refractivity contribution in [2.45, 2.75) is 26.1 Å². The summed E-state index contributed by atoms with van der Waals surface area (Å²) in [6.45, 7) is 2.25. The Morgan fingerprint density at radius 1 is 1.42 bits per heavy atom. The highest BCUT2D eigenvalue weighted by Gasteiger charge is 2.28. The highest BCUT2D eigenvalue weighted by molar-refractivity contribution is 5.94. The molecule has 0 fully saturated rings. The maximum Gasteiger partial charge on any atom is 0.422 e. The molecule has 1 aromatic carbocycles. The van der Waals surface area contributed by atoms with Crippen molar-refractivity contribution in [2.24, 2.45) is 7.05 Å². The molecule has 0 spiro atoms. The number of amides is 1. The van der Waals surface area contributed by atoms with Gasteiger partial charge in [-0.25, -0.2) is 0 Å². The fourth-order valence-electron chi connectivity index (χ4n) is 2.29. The number of aromatic nitrogens is 2. The molecule has 0 saturated heterocycles. The topological polar surface area (TPSA) is 56.2 Å². The molecule has 0 saturated carbocycles. The molecule has 1 N–H and O–H groups in total. The Kier molecular flexibility index (Phi) is 5.16. The van der Waals surface area contributed by atoms with Crippen LogP contribution in [0.4, 0.5) is 13.2 Å². The number of rotatable bonds is 5. The highest BCUT2D eigenvalue weighted by Crippen LogP contribution is 2.20. The number of hydrogen-bond acceptors (Lipinski definition) is 3. The summed E-state index contributed by atoms with van der Waals surface area (Å²) < 4.78 is 42.9. The maximum atomic E-state index is 12.3. The second kappa shape index (κ2) is 6.94. The number of ether oxygens (including phenoxy) is 1. The number of carbonyl (C=O) groups excluding carboxylic acids is 1. The molecule has 5 nitrogen and oxygen atoms in total. The van der Waals surface area contributed by atoms with Crippen molar-refractivity contribution in [2.75, 3.05) is 6.61 Å². The third-order valence-electron chi connectivity index (χ3n) is 3.36. The zero-order valence-corrected chi connectivity index (χ0v) is 13.5. The van der Waals surface area contributed by atoms with Gasteiger partial charge in [-0.15, -0.1) is 0 Å². The molecule has 24 heavy (non-hydrogen) atoms. The van der Waals surface area contributed by atoms with E-state index in [-0.39, 0.29) is 17.4 Å². The van der Waals surface area contributed by atoms with Crippen LogP contribution in [0.1, 0.15) is 34.6 Å². The Hall–Kier alpha value is -2.51. The summed E-state index contributed by atoms with van der Waals surface area (Å²) in [6, 6.07) is 5.35. The van der Waals surface area contributed by atoms with Gasteiger partial charge >= 0.3 is 6.18 Å². The lowest BCUT2D eigenvalue weighted by molar-refractivity contribution is -0.153. The number of aryl methyl sites for hydroxylation is 2. The van der Waals surface area contributed by atoms with Gasteiger partial charge in [0.25, 0.3) is 5.91 Å². The van der Waals surface area contributed by atoms with Crippen molar-refractivity contribution >= 4 is 5.91 Å². The molecular weight excluding hydrogens is 323 g/mol. The predicted molar refractivity (Wildman–Crippen MR) is 81.8 cm³/mol. The van der Waals surface area contributed by atoms with Gasteiger partial charge in [0.2, 0.25) is 0 Å². The molecule has 2 aromatic rings. The summed E-state index contributed by atoms with van der Waals surface area (Å²) in [5, 5.41) is 7.01. The van der Waals surface area contributed by atoms with Crippen LogP contribution >= 0.6 is 0 Å². The van der Waals surface area contributed by atoms with Gasteiger partial charge in [0.15, 0.2) is 6.61 Å². The van der Waals surface area contributed by atoms with Crippen molar-refractivity contribution < 1.29 is 22.7 Å². The number of nitrogens with zero attached hydrogens (tertiary/aromatic N) is 2. The quantitative estimate of drug-likeness (QED) is 0.909. The molecule has 1 atom stereocenters. The maximum absolute atomic E-state index is 12.3. The van der Waals surface area contributed by atoms with Crippen LogP contribution < -0.4 is 10.1 Å². The third kappa shape index (κ3) is 4.74. The summed E-state index contributed by atoms with van der Waals surface area (Å²) in [4.78, 5) is 12.3. The van der Waals surface area contributed by atoms with Crippen molar-refractivity contribution in [1.82, 2.24) is 15.1 Å². The molecule has 130 valence electrons. The van der Waals surface area contributed by atoms with E-state index in [4.69, 9.17) is 0 Å². The second-order valence-corrected chi connectivity index (χ2v) is 5.47. The first-order valence-electron chi connectivity index (χ1n) is 7.26. The average Bonchev–Trinajstić information content (AvgIpc) is 2.83. The lowest BCUT2D eigenvalue weighted by Crippen LogP contribution is -2.27. The molecule has 1 unspecified atom stereocenters. The van der Waals surface area contributed by atoms with Crippen molar-refractivity contribution in [3.05, 3.63) is 47.3 Å². The number of nitrogens with one attached hydrogen (secondary N) is 1. The molecule has 2 rings (SSSR count). The molecule has 0 aliphatic carbocycles. The van der Waals surface area contributed by atoms with Gasteiger partial charge in [-0.3, -0.25) is 9.48 Å². The minimum Gasteiger partial charge on any atom is -0.484 e. The number of halogens is 3. The second-order valence-electron chi connectivity index (χ2n) is 5.47. The zero-order chi connectivity index (χ0) is 17.9. The molecule has 1 aromatic heterocycles. The van der Waals surface area contributed by atoms with Gasteiger partial charge in [-0.2, -0.15) is 18.3 Å². The average molecular weight is 341 g/mol. The van der Waals surface area contributed by atoms with Gasteiger partial charge in [0.1, 0.15) is 5.75 Å². The van der Waals surface area contributed by atoms with E-state index in [9.17, 15) is 18.0 Å². The van der Waals surface area contributed by atoms with E-state index in [1.165, 1.54) is 24.3 Å². The zero-order valence-electron chi connectivity index (χ0n) is 13.5. The largest absolute Gasteiger partial charge is 0.484 e. The normalized spacial score (nSPS) is 12.8. The summed E-state index contributed by atoms with van der Waals surface area (Å²) in [5.41, 5.74) is 1.89. The molecule has 8 heteroatoms. The lowest BCUT2D eigenvalue weighted by atomic mass is 10.1. The number of carbonyl (C=O) groups is 1. The van der Waals surface area contributed by atoms with Crippen LogP contribution in [0.5, 0.6) is 5.75 Å². The van der Waals surface area contributed by atoms with Gasteiger partial charge < -0.3 is 10.1 Å². The van der Waals surface area contributed by atoms with Gasteiger partial charge in [-0.1, -0.05) is 6.07 Å². The lowest BCUT2D eigenvalue weighted by Gasteiger charge is -2.14. The first-order chi connectivity index (χ1) is 11.2. The molecule has 1 heterocycles. The molecule has 0 bridgehead atoms. The first kappa shape index (κ1) is 17.8. The fourth-order valence-corrected chi connectivity index (χ4v) is 2.29. The van der Waals surface area contributed by atoms with Crippen molar-refractivity contribution in [1.29, 1.82) is 0 Å². The van der Waals surface area contributed by atoms with E-state index in [2.05, 4.69) is 15.2 Å². The molecule has 0 radical (unpaired) electrons. The standard InChI is InChI=1S/C16H18F3N3O2/c1-10(14-8-22(3)21-11(14)2)20-15(23)12-5-4-6-13(7-12)24-9-16(17,18)19/h4-8,10H,9H2,1-3H3,(H,20,23). The van der Waals surface area contributed by atoms with Crippen LogP contribution in [-0.4, -0.2) is 28.5 Å². The molecule has 0 aliphatic rings. The van der Waals surface area contributed by atoms with Gasteiger partial charge in [-0.05, 0) is 32.0 Å². The minimum absolute atomic E-state index is 0.00909. The Morgan fingerprint density at radius 2 is 2.12 bits per heavy atom. The van der Waals surface area contributed by atoms with E-state index in [1.54, 1.807) is 11.7 Å². The summed E-state index contributed by atoms with van der Waals surface area (Å²) in [7, 11) is 1.78. The molecule has 1 amide bonds. The predicted octanol–water partition coefficient (Wildman–Crippen LogP) is 3.16.